The molecule has 0 spiro atoms. The highest BCUT2D eigenvalue weighted by Gasteiger charge is 1.73. The van der Waals surface area contributed by atoms with Gasteiger partial charge in [0.05, 0.1) is 0 Å². The van der Waals surface area contributed by atoms with Crippen LogP contribution in [0.5, 0.6) is 0 Å². The van der Waals surface area contributed by atoms with Crippen LogP contribution in [0.25, 0.3) is 0 Å². The highest BCUT2D eigenvalue weighted by Crippen LogP contribution is 1.88. The summed E-state index contributed by atoms with van der Waals surface area (Å²) in [6, 6.07) is 3.95. The second kappa shape index (κ2) is 22.5. The van der Waals surface area contributed by atoms with Crippen LogP contribution >= 0.6 is 0 Å². The van der Waals surface area contributed by atoms with Gasteiger partial charge in [-0.05, 0) is 18.6 Å². The topological polar surface area (TPSA) is 12.9 Å². The Kier molecular flexibility index (Phi) is 31.2. The SMILES string of the molecule is CC.CC.CC.Cc1cccnc1. The minimum Gasteiger partial charge on any atom is -0.264 e. The van der Waals surface area contributed by atoms with Crippen LogP contribution in [0.1, 0.15) is 47.1 Å². The van der Waals surface area contributed by atoms with Gasteiger partial charge < -0.3 is 0 Å². The number of hydrogen-bond donors (Lipinski definition) is 0. The van der Waals surface area contributed by atoms with Gasteiger partial charge >= 0.3 is 0 Å². The van der Waals surface area contributed by atoms with Crippen molar-refractivity contribution in [1.82, 2.24) is 4.98 Å². The van der Waals surface area contributed by atoms with Crippen LogP contribution in [0.4, 0.5) is 0 Å². The molecule has 0 fully saturated rings. The van der Waals surface area contributed by atoms with Crippen LogP contribution in [-0.4, -0.2) is 4.98 Å². The van der Waals surface area contributed by atoms with Gasteiger partial charge in [0.15, 0.2) is 0 Å². The predicted octanol–water partition coefficient (Wildman–Crippen LogP) is 4.47. The summed E-state index contributed by atoms with van der Waals surface area (Å²) in [4.78, 5) is 3.88. The summed E-state index contributed by atoms with van der Waals surface area (Å²) >= 11 is 0. The molecule has 13 heavy (non-hydrogen) atoms. The van der Waals surface area contributed by atoms with Gasteiger partial charge in [0, 0.05) is 12.4 Å². The van der Waals surface area contributed by atoms with Crippen molar-refractivity contribution >= 4 is 0 Å². The third kappa shape index (κ3) is 18.3. The van der Waals surface area contributed by atoms with Gasteiger partial charge in [-0.1, -0.05) is 47.6 Å². The predicted molar refractivity (Wildman–Crippen MR) is 63.0 cm³/mol. The molecule has 1 rings (SSSR count). The van der Waals surface area contributed by atoms with E-state index in [-0.39, 0.29) is 0 Å². The average molecular weight is 183 g/mol. The molecule has 0 aliphatic rings. The molecule has 0 radical (unpaired) electrons. The third-order valence-corrected chi connectivity index (χ3v) is 0.809. The van der Waals surface area contributed by atoms with E-state index in [9.17, 15) is 0 Å². The third-order valence-electron chi connectivity index (χ3n) is 0.809. The summed E-state index contributed by atoms with van der Waals surface area (Å²) in [5, 5.41) is 0. The van der Waals surface area contributed by atoms with Gasteiger partial charge in [-0.15, -0.1) is 0 Å². The summed E-state index contributed by atoms with van der Waals surface area (Å²) < 4.78 is 0. The summed E-state index contributed by atoms with van der Waals surface area (Å²) in [6.45, 7) is 14.0. The van der Waals surface area contributed by atoms with E-state index in [1.807, 2.05) is 66.8 Å². The van der Waals surface area contributed by atoms with Crippen LogP contribution in [0.3, 0.4) is 0 Å². The first-order valence-electron chi connectivity index (χ1n) is 5.26. The Labute approximate surface area is 84.2 Å². The van der Waals surface area contributed by atoms with Crippen LogP contribution in [-0.2, 0) is 0 Å². The smallest absolute Gasteiger partial charge is 0.0297 e. The molecule has 0 unspecified atom stereocenters. The Morgan fingerprint density at radius 3 is 1.54 bits per heavy atom. The maximum Gasteiger partial charge on any atom is 0.0297 e. The van der Waals surface area contributed by atoms with Gasteiger partial charge in [0.25, 0.3) is 0 Å². The zero-order valence-electron chi connectivity index (χ0n) is 10.3. The minimum absolute atomic E-state index is 1.21. The fraction of sp³-hybridized carbons (Fsp3) is 0.583. The summed E-state index contributed by atoms with van der Waals surface area (Å²) in [6.07, 6.45) is 3.60. The first kappa shape index (κ1) is 18.0. The lowest BCUT2D eigenvalue weighted by Crippen LogP contribution is -1.69. The lowest BCUT2D eigenvalue weighted by Gasteiger charge is -1.82. The highest BCUT2D eigenvalue weighted by molar-refractivity contribution is 5.04. The van der Waals surface area contributed by atoms with Gasteiger partial charge in [-0.25, -0.2) is 0 Å². The average Bonchev–Trinajstić information content (AvgIpc) is 2.28. The fourth-order valence-electron chi connectivity index (χ4n) is 0.448. The van der Waals surface area contributed by atoms with Crippen molar-refractivity contribution in [2.24, 2.45) is 0 Å². The van der Waals surface area contributed by atoms with E-state index in [4.69, 9.17) is 0 Å². The molecule has 0 N–H and O–H groups in total. The molecule has 1 heteroatoms. The lowest BCUT2D eigenvalue weighted by atomic mass is 10.3. The van der Waals surface area contributed by atoms with Crippen LogP contribution in [0.15, 0.2) is 24.5 Å². The van der Waals surface area contributed by atoms with Crippen LogP contribution < -0.4 is 0 Å². The van der Waals surface area contributed by atoms with E-state index in [1.165, 1.54) is 5.56 Å². The van der Waals surface area contributed by atoms with Crippen molar-refractivity contribution in [3.8, 4) is 0 Å². The van der Waals surface area contributed by atoms with Crippen molar-refractivity contribution in [2.45, 2.75) is 48.5 Å². The van der Waals surface area contributed by atoms with Gasteiger partial charge in [-0.3, -0.25) is 4.98 Å². The van der Waals surface area contributed by atoms with E-state index in [0.29, 0.717) is 0 Å². The monoisotopic (exact) mass is 183 g/mol. The maximum absolute atomic E-state index is 3.88. The zero-order chi connectivity index (χ0) is 11.1. The molecule has 0 aromatic carbocycles. The van der Waals surface area contributed by atoms with E-state index in [1.54, 1.807) is 6.20 Å². The molecule has 0 saturated heterocycles. The van der Waals surface area contributed by atoms with E-state index in [2.05, 4.69) is 4.98 Å². The quantitative estimate of drug-likeness (QED) is 0.578. The summed E-state index contributed by atoms with van der Waals surface area (Å²) in [5.41, 5.74) is 1.21. The Hall–Kier alpha value is -0.850. The summed E-state index contributed by atoms with van der Waals surface area (Å²) in [7, 11) is 0. The lowest BCUT2D eigenvalue weighted by molar-refractivity contribution is 1.27. The standard InChI is InChI=1S/C6H7N.3C2H6/c1-6-3-2-4-7-5-6;3*1-2/h2-5H,1H3;3*1-2H3. The van der Waals surface area contributed by atoms with Gasteiger partial charge in [0.2, 0.25) is 0 Å². The molecule has 1 aromatic rings. The number of rotatable bonds is 0. The number of nitrogens with zero attached hydrogens (tertiary/aromatic N) is 1. The first-order chi connectivity index (χ1) is 6.39. The Morgan fingerprint density at radius 2 is 1.38 bits per heavy atom. The van der Waals surface area contributed by atoms with Gasteiger partial charge in [0.1, 0.15) is 0 Å². The number of pyridine rings is 1. The van der Waals surface area contributed by atoms with E-state index < -0.39 is 0 Å². The molecule has 0 bridgehead atoms. The highest BCUT2D eigenvalue weighted by atomic mass is 14.6. The zero-order valence-corrected chi connectivity index (χ0v) is 10.3. The van der Waals surface area contributed by atoms with Crippen LogP contribution in [0, 0.1) is 6.92 Å². The van der Waals surface area contributed by atoms with Crippen molar-refractivity contribution in [3.05, 3.63) is 30.1 Å². The molecule has 1 nitrogen and oxygen atoms in total. The molecule has 1 aromatic heterocycles. The van der Waals surface area contributed by atoms with Crippen molar-refractivity contribution in [1.29, 1.82) is 0 Å². The fourth-order valence-corrected chi connectivity index (χ4v) is 0.448. The summed E-state index contributed by atoms with van der Waals surface area (Å²) in [5.74, 6) is 0. The molecule has 0 amide bonds. The largest absolute Gasteiger partial charge is 0.264 e. The Bertz CT molecular complexity index is 135. The second-order valence-corrected chi connectivity index (χ2v) is 1.53. The second-order valence-electron chi connectivity index (χ2n) is 1.53. The van der Waals surface area contributed by atoms with Crippen molar-refractivity contribution < 1.29 is 0 Å². The maximum atomic E-state index is 3.88. The molecule has 0 saturated carbocycles. The van der Waals surface area contributed by atoms with Crippen molar-refractivity contribution in [3.63, 3.8) is 0 Å². The normalized spacial score (nSPS) is 6.08. The van der Waals surface area contributed by atoms with E-state index in [0.717, 1.165) is 0 Å². The molecule has 0 aliphatic heterocycles. The number of aryl methyl sites for hydroxylation is 1. The van der Waals surface area contributed by atoms with Crippen molar-refractivity contribution in [2.75, 3.05) is 0 Å². The molecule has 0 aliphatic carbocycles. The molecular weight excluding hydrogens is 158 g/mol. The van der Waals surface area contributed by atoms with Gasteiger partial charge in [-0.2, -0.15) is 0 Å². The Balaban J connectivity index is -0.000000144. The minimum atomic E-state index is 1.21. The molecule has 1 heterocycles. The molecular formula is C12H25N. The Morgan fingerprint density at radius 1 is 0.923 bits per heavy atom. The van der Waals surface area contributed by atoms with E-state index >= 15 is 0 Å². The first-order valence-corrected chi connectivity index (χ1v) is 5.26. The number of hydrogen-bond acceptors (Lipinski definition) is 1. The number of aromatic nitrogens is 1. The van der Waals surface area contributed by atoms with Crippen LogP contribution in [0.2, 0.25) is 0 Å². The molecule has 0 atom stereocenters. The molecule has 78 valence electrons.